The molecular weight excluding hydrogens is 396 g/mol. The number of nitrogens with zero attached hydrogens (tertiary/aromatic N) is 3. The molecular formula is C20H17ClN4O4. The van der Waals surface area contributed by atoms with Crippen molar-refractivity contribution in [2.45, 2.75) is 26.0 Å². The monoisotopic (exact) mass is 412 g/mol. The maximum atomic E-state index is 11.5. The Morgan fingerprint density at radius 1 is 1.41 bits per heavy atom. The van der Waals surface area contributed by atoms with Crippen LogP contribution >= 0.6 is 11.6 Å². The highest BCUT2D eigenvalue weighted by Crippen LogP contribution is 2.36. The molecule has 3 aromatic rings. The normalized spacial score (nSPS) is 14.5. The topological polar surface area (TPSA) is 116 Å². The number of amides is 1. The summed E-state index contributed by atoms with van der Waals surface area (Å²) < 4.78 is 12.6. The number of fused-ring (bicyclic) bond motifs is 3. The molecule has 0 spiro atoms. The maximum absolute atomic E-state index is 11.5. The van der Waals surface area contributed by atoms with Gasteiger partial charge in [0.2, 0.25) is 0 Å². The smallest absolute Gasteiger partial charge is 0.268 e. The minimum absolute atomic E-state index is 0.166. The van der Waals surface area contributed by atoms with Gasteiger partial charge in [-0.2, -0.15) is 0 Å². The van der Waals surface area contributed by atoms with Crippen molar-refractivity contribution in [3.63, 3.8) is 0 Å². The molecule has 29 heavy (non-hydrogen) atoms. The van der Waals surface area contributed by atoms with E-state index in [1.165, 1.54) is 6.92 Å². The van der Waals surface area contributed by atoms with Crippen molar-refractivity contribution in [2.75, 3.05) is 6.61 Å². The summed E-state index contributed by atoms with van der Waals surface area (Å²) in [6.07, 6.45) is 1.59. The number of imidazole rings is 1. The van der Waals surface area contributed by atoms with E-state index in [1.54, 1.807) is 35.9 Å². The lowest BCUT2D eigenvalue weighted by atomic mass is 10.0. The zero-order valence-corrected chi connectivity index (χ0v) is 16.4. The number of aliphatic hydroxyl groups is 1. The second kappa shape index (κ2) is 6.95. The molecule has 2 aromatic heterocycles. The summed E-state index contributed by atoms with van der Waals surface area (Å²) in [7, 11) is 0. The second-order valence-electron chi connectivity index (χ2n) is 6.83. The first-order valence-corrected chi connectivity index (χ1v) is 9.15. The molecule has 1 aliphatic rings. The minimum Gasteiger partial charge on any atom is -0.491 e. The van der Waals surface area contributed by atoms with E-state index < -0.39 is 11.5 Å². The second-order valence-corrected chi connectivity index (χ2v) is 7.24. The molecule has 1 amide bonds. The molecule has 1 atom stereocenters. The van der Waals surface area contributed by atoms with Crippen LogP contribution in [0.4, 0.5) is 0 Å². The fourth-order valence-corrected chi connectivity index (χ4v) is 3.17. The number of halogens is 1. The van der Waals surface area contributed by atoms with Crippen molar-refractivity contribution in [1.29, 1.82) is 0 Å². The molecule has 0 saturated heterocycles. The number of nitrogens with two attached hydrogens (primary N) is 1. The Morgan fingerprint density at radius 3 is 2.90 bits per heavy atom. The van der Waals surface area contributed by atoms with Crippen molar-refractivity contribution >= 4 is 17.5 Å². The highest BCUT2D eigenvalue weighted by atomic mass is 35.5. The average molecular weight is 413 g/mol. The Morgan fingerprint density at radius 2 is 2.21 bits per heavy atom. The predicted molar refractivity (Wildman–Crippen MR) is 104 cm³/mol. The van der Waals surface area contributed by atoms with Gasteiger partial charge in [-0.15, -0.1) is 0 Å². The van der Waals surface area contributed by atoms with Crippen LogP contribution in [0.5, 0.6) is 5.75 Å². The molecule has 9 heteroatoms. The van der Waals surface area contributed by atoms with E-state index in [2.05, 4.69) is 22.0 Å². The van der Waals surface area contributed by atoms with Crippen LogP contribution < -0.4 is 10.5 Å². The molecule has 0 fully saturated rings. The van der Waals surface area contributed by atoms with Crippen LogP contribution in [0.15, 0.2) is 28.9 Å². The summed E-state index contributed by atoms with van der Waals surface area (Å²) in [6.45, 7) is 4.13. The first-order valence-electron chi connectivity index (χ1n) is 8.77. The molecule has 1 unspecified atom stereocenters. The summed E-state index contributed by atoms with van der Waals surface area (Å²) in [4.78, 5) is 15.8. The van der Waals surface area contributed by atoms with E-state index >= 15 is 0 Å². The number of carbonyl (C=O) groups is 1. The van der Waals surface area contributed by atoms with Crippen molar-refractivity contribution < 1.29 is 19.2 Å². The van der Waals surface area contributed by atoms with Crippen LogP contribution in [0.1, 0.15) is 34.4 Å². The lowest BCUT2D eigenvalue weighted by molar-refractivity contribution is 0.0995. The van der Waals surface area contributed by atoms with Crippen LogP contribution in [-0.2, 0) is 12.1 Å². The van der Waals surface area contributed by atoms with Gasteiger partial charge in [-0.25, -0.2) is 4.98 Å². The third kappa shape index (κ3) is 3.58. The quantitative estimate of drug-likeness (QED) is 0.623. The first kappa shape index (κ1) is 19.1. The van der Waals surface area contributed by atoms with Gasteiger partial charge in [0.15, 0.2) is 5.60 Å². The Balaban J connectivity index is 1.79. The predicted octanol–water partition coefficient (Wildman–Crippen LogP) is 2.25. The van der Waals surface area contributed by atoms with Crippen molar-refractivity contribution in [1.82, 2.24) is 14.7 Å². The molecule has 1 aliphatic heterocycles. The Hall–Kier alpha value is -3.28. The molecule has 3 N–H and O–H groups in total. The lowest BCUT2D eigenvalue weighted by Crippen LogP contribution is -2.18. The molecule has 4 rings (SSSR count). The largest absolute Gasteiger partial charge is 0.491 e. The number of rotatable bonds is 2. The fourth-order valence-electron chi connectivity index (χ4n) is 2.97. The first-order chi connectivity index (χ1) is 13.7. The molecule has 0 bridgehead atoms. The van der Waals surface area contributed by atoms with Gasteiger partial charge < -0.3 is 24.7 Å². The maximum Gasteiger partial charge on any atom is 0.268 e. The molecule has 148 valence electrons. The van der Waals surface area contributed by atoms with Gasteiger partial charge in [0, 0.05) is 23.9 Å². The molecule has 1 aromatic carbocycles. The van der Waals surface area contributed by atoms with Gasteiger partial charge in [0.05, 0.1) is 17.1 Å². The van der Waals surface area contributed by atoms with Crippen LogP contribution in [0, 0.1) is 18.8 Å². The number of hydrogen-bond acceptors (Lipinski definition) is 6. The average Bonchev–Trinajstić information content (AvgIpc) is 3.25. The number of aromatic nitrogens is 3. The van der Waals surface area contributed by atoms with Gasteiger partial charge in [0.25, 0.3) is 5.91 Å². The van der Waals surface area contributed by atoms with E-state index in [1.807, 2.05) is 0 Å². The number of benzene rings is 1. The number of carbonyl (C=O) groups excluding carboxylic acids is 1. The van der Waals surface area contributed by atoms with Gasteiger partial charge in [-0.1, -0.05) is 28.6 Å². The SMILES string of the molecule is Cc1cc(C(C)(O)C#Cc2cc3c(cc2Cl)OCCn2cc(C(N)=O)nc2-3)no1. The van der Waals surface area contributed by atoms with E-state index in [0.29, 0.717) is 52.3 Å². The Bertz CT molecular complexity index is 1180. The number of hydrogen-bond donors (Lipinski definition) is 2. The van der Waals surface area contributed by atoms with Gasteiger partial charge in [-0.3, -0.25) is 4.79 Å². The van der Waals surface area contributed by atoms with Gasteiger partial charge in [-0.05, 0) is 19.9 Å². The van der Waals surface area contributed by atoms with Gasteiger partial charge >= 0.3 is 0 Å². The highest BCUT2D eigenvalue weighted by Gasteiger charge is 2.25. The van der Waals surface area contributed by atoms with E-state index in [4.69, 9.17) is 26.6 Å². The lowest BCUT2D eigenvalue weighted by Gasteiger charge is -2.12. The zero-order valence-electron chi connectivity index (χ0n) is 15.7. The van der Waals surface area contributed by atoms with Crippen LogP contribution in [0.25, 0.3) is 11.4 Å². The molecule has 0 saturated carbocycles. The van der Waals surface area contributed by atoms with Gasteiger partial charge in [0.1, 0.15) is 35.3 Å². The van der Waals surface area contributed by atoms with Crippen molar-refractivity contribution in [3.8, 4) is 29.0 Å². The minimum atomic E-state index is -1.53. The summed E-state index contributed by atoms with van der Waals surface area (Å²) >= 11 is 6.38. The van der Waals surface area contributed by atoms with Crippen molar-refractivity contribution in [3.05, 3.63) is 52.1 Å². The molecule has 8 nitrogen and oxygen atoms in total. The Kier molecular flexibility index (Phi) is 4.57. The summed E-state index contributed by atoms with van der Waals surface area (Å²) in [6, 6.07) is 4.97. The van der Waals surface area contributed by atoms with Crippen molar-refractivity contribution in [2.24, 2.45) is 5.73 Å². The standard InChI is InChI=1S/C20H17ClN4O4/c1-11-7-17(24-29-11)20(2,27)4-3-12-8-13-16(9-14(12)21)28-6-5-25-10-15(18(22)26)23-19(13)25/h7-10,27H,5-6H2,1-2H3,(H2,22,26). The van der Waals surface area contributed by atoms with E-state index in [-0.39, 0.29) is 5.69 Å². The Labute approximate surface area is 171 Å². The summed E-state index contributed by atoms with van der Waals surface area (Å²) in [5.41, 5.74) is 5.40. The number of primary amides is 1. The van der Waals surface area contributed by atoms with E-state index in [9.17, 15) is 9.90 Å². The summed E-state index contributed by atoms with van der Waals surface area (Å²) in [5, 5.41) is 14.8. The number of ether oxygens (including phenoxy) is 1. The third-order valence-corrected chi connectivity index (χ3v) is 4.81. The molecule has 0 aliphatic carbocycles. The number of aryl methyl sites for hydroxylation is 1. The van der Waals surface area contributed by atoms with Crippen LogP contribution in [0.3, 0.4) is 0 Å². The molecule has 0 radical (unpaired) electrons. The van der Waals surface area contributed by atoms with E-state index in [0.717, 1.165) is 0 Å². The zero-order chi connectivity index (χ0) is 20.8. The highest BCUT2D eigenvalue weighted by molar-refractivity contribution is 6.32. The third-order valence-electron chi connectivity index (χ3n) is 4.50. The van der Waals surface area contributed by atoms with Crippen LogP contribution in [-0.4, -0.2) is 32.3 Å². The summed E-state index contributed by atoms with van der Waals surface area (Å²) in [5.74, 6) is 6.68. The molecule has 3 heterocycles. The van der Waals surface area contributed by atoms with Crippen LogP contribution in [0.2, 0.25) is 5.02 Å². The fraction of sp³-hybridized carbons (Fsp3) is 0.250.